The topological polar surface area (TPSA) is 59.9 Å². The van der Waals surface area contributed by atoms with Gasteiger partial charge in [-0.1, -0.05) is 0 Å². The zero-order chi connectivity index (χ0) is 16.4. The minimum absolute atomic E-state index is 0.0495. The van der Waals surface area contributed by atoms with Gasteiger partial charge in [0.1, 0.15) is 5.82 Å². The van der Waals surface area contributed by atoms with Crippen LogP contribution in [0.15, 0.2) is 18.3 Å². The lowest BCUT2D eigenvalue weighted by Gasteiger charge is -2.39. The summed E-state index contributed by atoms with van der Waals surface area (Å²) in [6.45, 7) is 3.10. The molecule has 0 radical (unpaired) electrons. The van der Waals surface area contributed by atoms with Gasteiger partial charge in [0.05, 0.1) is 11.7 Å². The second-order valence-corrected chi connectivity index (χ2v) is 6.66. The molecule has 0 spiro atoms. The Hall–Kier alpha value is -1.66. The maximum Gasteiger partial charge on any atom is 0.257 e. The third kappa shape index (κ3) is 3.33. The SMILES string of the molecule is CN(C)c1ncccc1C(=O)N1CCN(C2CCCC2O)CC1. The normalized spacial score (nSPS) is 25.6. The monoisotopic (exact) mass is 318 g/mol. The summed E-state index contributed by atoms with van der Waals surface area (Å²) in [6.07, 6.45) is 4.60. The molecule has 2 fully saturated rings. The zero-order valence-electron chi connectivity index (χ0n) is 14.0. The Morgan fingerprint density at radius 1 is 1.26 bits per heavy atom. The van der Waals surface area contributed by atoms with Crippen LogP contribution in [0.3, 0.4) is 0 Å². The van der Waals surface area contributed by atoms with E-state index < -0.39 is 0 Å². The summed E-state index contributed by atoms with van der Waals surface area (Å²) in [5.41, 5.74) is 0.659. The summed E-state index contributed by atoms with van der Waals surface area (Å²) in [5.74, 6) is 0.763. The van der Waals surface area contributed by atoms with E-state index in [0.717, 1.165) is 32.4 Å². The van der Waals surface area contributed by atoms with Crippen LogP contribution >= 0.6 is 0 Å². The lowest BCUT2D eigenvalue weighted by Crippen LogP contribution is -2.53. The van der Waals surface area contributed by atoms with Gasteiger partial charge in [0, 0.05) is 52.5 Å². The second-order valence-electron chi connectivity index (χ2n) is 6.66. The van der Waals surface area contributed by atoms with Gasteiger partial charge >= 0.3 is 0 Å². The summed E-state index contributed by atoms with van der Waals surface area (Å²) in [5, 5.41) is 10.1. The van der Waals surface area contributed by atoms with E-state index in [9.17, 15) is 9.90 Å². The summed E-state index contributed by atoms with van der Waals surface area (Å²) in [7, 11) is 3.80. The maximum atomic E-state index is 12.8. The Labute approximate surface area is 137 Å². The van der Waals surface area contributed by atoms with Crippen LogP contribution in [-0.2, 0) is 0 Å². The summed E-state index contributed by atoms with van der Waals surface area (Å²) in [4.78, 5) is 23.2. The van der Waals surface area contributed by atoms with Crippen molar-refractivity contribution in [1.82, 2.24) is 14.8 Å². The van der Waals surface area contributed by atoms with Crippen molar-refractivity contribution in [2.24, 2.45) is 0 Å². The molecule has 3 rings (SSSR count). The van der Waals surface area contributed by atoms with Gasteiger partial charge in [-0.3, -0.25) is 9.69 Å². The number of pyridine rings is 1. The standard InChI is InChI=1S/C17H26N4O2/c1-19(2)16-13(5-4-8-18-16)17(23)21-11-9-20(10-12-21)14-6-3-7-15(14)22/h4-5,8,14-15,22H,3,6-7,9-12H2,1-2H3. The van der Waals surface area contributed by atoms with E-state index in [2.05, 4.69) is 9.88 Å². The molecule has 1 aliphatic heterocycles. The van der Waals surface area contributed by atoms with Crippen molar-refractivity contribution in [3.63, 3.8) is 0 Å². The summed E-state index contributed by atoms with van der Waals surface area (Å²) >= 11 is 0. The van der Waals surface area contributed by atoms with Crippen molar-refractivity contribution in [2.75, 3.05) is 45.2 Å². The van der Waals surface area contributed by atoms with Gasteiger partial charge in [0.2, 0.25) is 0 Å². The molecule has 6 heteroatoms. The number of hydrogen-bond donors (Lipinski definition) is 1. The number of carbonyl (C=O) groups excluding carboxylic acids is 1. The third-order valence-corrected chi connectivity index (χ3v) is 4.96. The molecule has 23 heavy (non-hydrogen) atoms. The molecule has 1 amide bonds. The highest BCUT2D eigenvalue weighted by atomic mass is 16.3. The lowest BCUT2D eigenvalue weighted by atomic mass is 10.1. The first kappa shape index (κ1) is 16.2. The Morgan fingerprint density at radius 3 is 2.61 bits per heavy atom. The van der Waals surface area contributed by atoms with Crippen LogP contribution in [-0.4, -0.2) is 78.2 Å². The van der Waals surface area contributed by atoms with E-state index in [1.54, 1.807) is 6.20 Å². The van der Waals surface area contributed by atoms with Gasteiger partial charge in [0.15, 0.2) is 0 Å². The van der Waals surface area contributed by atoms with Crippen molar-refractivity contribution in [2.45, 2.75) is 31.4 Å². The van der Waals surface area contributed by atoms with Gasteiger partial charge in [0.25, 0.3) is 5.91 Å². The fourth-order valence-electron chi connectivity index (χ4n) is 3.69. The quantitative estimate of drug-likeness (QED) is 0.894. The van der Waals surface area contributed by atoms with E-state index in [1.165, 1.54) is 0 Å². The molecular formula is C17H26N4O2. The van der Waals surface area contributed by atoms with Crippen LogP contribution in [0.4, 0.5) is 5.82 Å². The Morgan fingerprint density at radius 2 is 2.00 bits per heavy atom. The van der Waals surface area contributed by atoms with E-state index in [1.807, 2.05) is 36.0 Å². The summed E-state index contributed by atoms with van der Waals surface area (Å²) in [6, 6.07) is 3.94. The number of piperazine rings is 1. The van der Waals surface area contributed by atoms with Crippen LogP contribution < -0.4 is 4.90 Å². The first-order chi connectivity index (χ1) is 11.1. The van der Waals surface area contributed by atoms with Gasteiger partial charge in [-0.15, -0.1) is 0 Å². The van der Waals surface area contributed by atoms with Crippen LogP contribution in [0.1, 0.15) is 29.6 Å². The number of hydrogen-bond acceptors (Lipinski definition) is 5. The highest BCUT2D eigenvalue weighted by molar-refractivity contribution is 5.98. The fraction of sp³-hybridized carbons (Fsp3) is 0.647. The highest BCUT2D eigenvalue weighted by Crippen LogP contribution is 2.25. The van der Waals surface area contributed by atoms with Crippen molar-refractivity contribution in [3.05, 3.63) is 23.9 Å². The number of aliphatic hydroxyl groups excluding tert-OH is 1. The highest BCUT2D eigenvalue weighted by Gasteiger charge is 2.33. The molecule has 6 nitrogen and oxygen atoms in total. The molecule has 1 saturated heterocycles. The van der Waals surface area contributed by atoms with Gasteiger partial charge in [-0.25, -0.2) is 4.98 Å². The molecule has 0 bridgehead atoms. The van der Waals surface area contributed by atoms with E-state index in [-0.39, 0.29) is 18.1 Å². The first-order valence-corrected chi connectivity index (χ1v) is 8.41. The average molecular weight is 318 g/mol. The second kappa shape index (κ2) is 6.84. The molecule has 126 valence electrons. The number of aromatic nitrogens is 1. The zero-order valence-corrected chi connectivity index (χ0v) is 14.0. The van der Waals surface area contributed by atoms with Gasteiger partial charge in [-0.2, -0.15) is 0 Å². The van der Waals surface area contributed by atoms with Gasteiger partial charge < -0.3 is 14.9 Å². The Kier molecular flexibility index (Phi) is 4.82. The van der Waals surface area contributed by atoms with Crippen LogP contribution in [0.2, 0.25) is 0 Å². The molecule has 1 aromatic heterocycles. The number of anilines is 1. The molecule has 1 saturated carbocycles. The molecule has 2 aliphatic rings. The summed E-state index contributed by atoms with van der Waals surface area (Å²) < 4.78 is 0. The largest absolute Gasteiger partial charge is 0.391 e. The number of aliphatic hydroxyl groups is 1. The predicted molar refractivity (Wildman–Crippen MR) is 89.7 cm³/mol. The predicted octanol–water partition coefficient (Wildman–Crippen LogP) is 0.819. The fourth-order valence-corrected chi connectivity index (χ4v) is 3.69. The Bertz CT molecular complexity index is 555. The number of nitrogens with zero attached hydrogens (tertiary/aromatic N) is 4. The smallest absolute Gasteiger partial charge is 0.257 e. The average Bonchev–Trinajstić information content (AvgIpc) is 3.00. The van der Waals surface area contributed by atoms with Crippen molar-refractivity contribution in [1.29, 1.82) is 0 Å². The first-order valence-electron chi connectivity index (χ1n) is 8.41. The molecule has 2 heterocycles. The molecular weight excluding hydrogens is 292 g/mol. The third-order valence-electron chi connectivity index (χ3n) is 4.96. The molecule has 1 aliphatic carbocycles. The molecule has 1 aromatic rings. The van der Waals surface area contributed by atoms with Gasteiger partial charge in [-0.05, 0) is 31.4 Å². The lowest BCUT2D eigenvalue weighted by molar-refractivity contribution is 0.0316. The number of carbonyl (C=O) groups is 1. The number of rotatable bonds is 3. The van der Waals surface area contributed by atoms with Crippen molar-refractivity contribution in [3.8, 4) is 0 Å². The minimum Gasteiger partial charge on any atom is -0.391 e. The van der Waals surface area contributed by atoms with E-state index in [4.69, 9.17) is 0 Å². The molecule has 0 aromatic carbocycles. The Balaban J connectivity index is 1.65. The molecule has 1 N–H and O–H groups in total. The van der Waals surface area contributed by atoms with Crippen LogP contribution in [0, 0.1) is 0 Å². The molecule has 2 atom stereocenters. The van der Waals surface area contributed by atoms with Crippen LogP contribution in [0.25, 0.3) is 0 Å². The minimum atomic E-state index is -0.198. The van der Waals surface area contributed by atoms with E-state index >= 15 is 0 Å². The van der Waals surface area contributed by atoms with Crippen molar-refractivity contribution >= 4 is 11.7 Å². The van der Waals surface area contributed by atoms with Crippen LogP contribution in [0.5, 0.6) is 0 Å². The number of amides is 1. The molecule has 2 unspecified atom stereocenters. The van der Waals surface area contributed by atoms with E-state index in [0.29, 0.717) is 24.5 Å². The van der Waals surface area contributed by atoms with Crippen molar-refractivity contribution < 1.29 is 9.90 Å². The maximum absolute atomic E-state index is 12.8.